The Labute approximate surface area is 93.5 Å². The van der Waals surface area contributed by atoms with Gasteiger partial charge in [-0.15, -0.1) is 0 Å². The van der Waals surface area contributed by atoms with Gasteiger partial charge in [0, 0.05) is 12.4 Å². The van der Waals surface area contributed by atoms with Crippen LogP contribution in [0.3, 0.4) is 0 Å². The van der Waals surface area contributed by atoms with Gasteiger partial charge in [-0.2, -0.15) is 0 Å². The van der Waals surface area contributed by atoms with Crippen molar-refractivity contribution in [3.63, 3.8) is 0 Å². The monoisotopic (exact) mass is 160 g/mol. The summed E-state index contributed by atoms with van der Waals surface area (Å²) in [6.45, 7) is 0.831. The van der Waals surface area contributed by atoms with E-state index in [-0.39, 0.29) is 37.7 Å². The zero-order valence-corrected chi connectivity index (χ0v) is 7.29. The molecule has 1 atom stereocenters. The maximum absolute atomic E-state index is 9.90. The SMILES string of the molecule is CC(O)(CC(=O)[O-])C(=O)[O-].[Li+].[Li+]. The van der Waals surface area contributed by atoms with Crippen LogP contribution in [0.2, 0.25) is 0 Å². The van der Waals surface area contributed by atoms with Crippen LogP contribution < -0.4 is 47.9 Å². The molecule has 0 saturated heterocycles. The summed E-state index contributed by atoms with van der Waals surface area (Å²) in [5.74, 6) is -3.45. The van der Waals surface area contributed by atoms with E-state index in [2.05, 4.69) is 0 Å². The number of aliphatic hydroxyl groups is 1. The molecule has 0 aromatic rings. The van der Waals surface area contributed by atoms with Crippen LogP contribution in [0.1, 0.15) is 13.3 Å². The van der Waals surface area contributed by atoms with Crippen molar-refractivity contribution in [2.45, 2.75) is 18.9 Å². The Balaban J connectivity index is -0.000000405. The molecular formula is C5H6Li2O5. The second-order valence-electron chi connectivity index (χ2n) is 2.11. The fraction of sp³-hybridized carbons (Fsp3) is 0.600. The van der Waals surface area contributed by atoms with Gasteiger partial charge in [0.15, 0.2) is 0 Å². The van der Waals surface area contributed by atoms with Gasteiger partial charge in [-0.3, -0.25) is 0 Å². The Morgan fingerprint density at radius 3 is 1.75 bits per heavy atom. The molecule has 0 aromatic carbocycles. The van der Waals surface area contributed by atoms with E-state index in [0.717, 1.165) is 6.92 Å². The predicted octanol–water partition coefficient (Wildman–Crippen LogP) is -9.36. The van der Waals surface area contributed by atoms with Gasteiger partial charge in [0.05, 0.1) is 5.97 Å². The summed E-state index contributed by atoms with van der Waals surface area (Å²) < 4.78 is 0. The second-order valence-corrected chi connectivity index (χ2v) is 2.11. The van der Waals surface area contributed by atoms with E-state index < -0.39 is 24.0 Å². The van der Waals surface area contributed by atoms with Gasteiger partial charge in [-0.05, 0) is 6.92 Å². The third kappa shape index (κ3) is 6.78. The van der Waals surface area contributed by atoms with Gasteiger partial charge in [0.25, 0.3) is 0 Å². The third-order valence-corrected chi connectivity index (χ3v) is 0.928. The number of carboxylic acids is 2. The molecule has 0 aromatic heterocycles. The molecule has 58 valence electrons. The fourth-order valence-corrected chi connectivity index (χ4v) is 0.353. The van der Waals surface area contributed by atoms with Crippen molar-refractivity contribution in [2.75, 3.05) is 0 Å². The molecule has 0 radical (unpaired) electrons. The van der Waals surface area contributed by atoms with Crippen LogP contribution in [0, 0.1) is 0 Å². The summed E-state index contributed by atoms with van der Waals surface area (Å²) in [5, 5.41) is 28.3. The molecule has 5 nitrogen and oxygen atoms in total. The van der Waals surface area contributed by atoms with E-state index in [0.29, 0.717) is 0 Å². The van der Waals surface area contributed by atoms with Crippen molar-refractivity contribution < 1.29 is 62.6 Å². The average Bonchev–Trinajstić information content (AvgIpc) is 1.60. The summed E-state index contributed by atoms with van der Waals surface area (Å²) in [6.07, 6.45) is -0.963. The number of hydrogen-bond donors (Lipinski definition) is 1. The van der Waals surface area contributed by atoms with Gasteiger partial charge in [-0.25, -0.2) is 0 Å². The quantitative estimate of drug-likeness (QED) is 0.413. The molecule has 0 aliphatic carbocycles. The summed E-state index contributed by atoms with van der Waals surface area (Å²) in [4.78, 5) is 19.7. The molecule has 0 heterocycles. The number of carbonyl (C=O) groups is 2. The van der Waals surface area contributed by atoms with E-state index in [1.165, 1.54) is 0 Å². The first-order chi connectivity index (χ1) is 4.36. The largest absolute Gasteiger partial charge is 1.00 e. The third-order valence-electron chi connectivity index (χ3n) is 0.928. The van der Waals surface area contributed by atoms with Gasteiger partial charge >= 0.3 is 37.7 Å². The molecule has 0 aliphatic heterocycles. The summed E-state index contributed by atoms with van der Waals surface area (Å²) in [7, 11) is 0. The average molecular weight is 160 g/mol. The van der Waals surface area contributed by atoms with Crippen molar-refractivity contribution in [2.24, 2.45) is 0 Å². The maximum Gasteiger partial charge on any atom is 1.00 e. The Morgan fingerprint density at radius 2 is 1.67 bits per heavy atom. The van der Waals surface area contributed by atoms with E-state index in [9.17, 15) is 19.8 Å². The minimum Gasteiger partial charge on any atom is -0.550 e. The molecule has 0 rings (SSSR count). The van der Waals surface area contributed by atoms with E-state index in [1.807, 2.05) is 0 Å². The molecule has 0 amide bonds. The summed E-state index contributed by atoms with van der Waals surface area (Å²) in [6, 6.07) is 0. The van der Waals surface area contributed by atoms with Crippen LogP contribution in [0.25, 0.3) is 0 Å². The molecule has 0 spiro atoms. The molecule has 0 aliphatic rings. The fourth-order valence-electron chi connectivity index (χ4n) is 0.353. The van der Waals surface area contributed by atoms with Gasteiger partial charge in [0.2, 0.25) is 0 Å². The first kappa shape index (κ1) is 18.0. The molecule has 1 N–H and O–H groups in total. The van der Waals surface area contributed by atoms with Gasteiger partial charge in [-0.1, -0.05) is 0 Å². The second kappa shape index (κ2) is 6.59. The minimum absolute atomic E-state index is 0. The molecule has 0 bridgehead atoms. The molecular weight excluding hydrogens is 154 g/mol. The molecule has 0 saturated carbocycles. The topological polar surface area (TPSA) is 100 Å². The summed E-state index contributed by atoms with van der Waals surface area (Å²) >= 11 is 0. The normalized spacial score (nSPS) is 13.2. The smallest absolute Gasteiger partial charge is 0.550 e. The van der Waals surface area contributed by atoms with Crippen molar-refractivity contribution >= 4 is 11.9 Å². The Hall–Kier alpha value is 0.0948. The first-order valence-corrected chi connectivity index (χ1v) is 2.50. The number of hydrogen-bond acceptors (Lipinski definition) is 5. The van der Waals surface area contributed by atoms with E-state index in [4.69, 9.17) is 5.11 Å². The van der Waals surface area contributed by atoms with E-state index in [1.54, 1.807) is 0 Å². The molecule has 0 fully saturated rings. The van der Waals surface area contributed by atoms with Crippen molar-refractivity contribution in [1.29, 1.82) is 0 Å². The molecule has 12 heavy (non-hydrogen) atoms. The van der Waals surface area contributed by atoms with Crippen LogP contribution in [0.5, 0.6) is 0 Å². The molecule has 1 unspecified atom stereocenters. The number of rotatable bonds is 3. The predicted molar refractivity (Wildman–Crippen MR) is 25.3 cm³/mol. The van der Waals surface area contributed by atoms with Crippen LogP contribution in [-0.2, 0) is 9.59 Å². The van der Waals surface area contributed by atoms with Crippen LogP contribution in [-0.4, -0.2) is 22.6 Å². The van der Waals surface area contributed by atoms with Crippen LogP contribution >= 0.6 is 0 Å². The Morgan fingerprint density at radius 1 is 1.33 bits per heavy atom. The number of carbonyl (C=O) groups excluding carboxylic acids is 2. The number of aliphatic carboxylic acids is 2. The van der Waals surface area contributed by atoms with Crippen LogP contribution in [0.15, 0.2) is 0 Å². The van der Waals surface area contributed by atoms with Gasteiger partial charge in [0.1, 0.15) is 5.60 Å². The summed E-state index contributed by atoms with van der Waals surface area (Å²) in [5.41, 5.74) is -2.33. The van der Waals surface area contributed by atoms with Crippen LogP contribution in [0.4, 0.5) is 0 Å². The zero-order valence-electron chi connectivity index (χ0n) is 7.29. The van der Waals surface area contributed by atoms with E-state index >= 15 is 0 Å². The Bertz CT molecular complexity index is 167. The van der Waals surface area contributed by atoms with Crippen molar-refractivity contribution in [1.82, 2.24) is 0 Å². The molecule has 7 heteroatoms. The van der Waals surface area contributed by atoms with Gasteiger partial charge < -0.3 is 24.9 Å². The Kier molecular flexibility index (Phi) is 9.89. The van der Waals surface area contributed by atoms with Crippen molar-refractivity contribution in [3.05, 3.63) is 0 Å². The maximum atomic E-state index is 9.90. The van der Waals surface area contributed by atoms with Crippen molar-refractivity contribution in [3.8, 4) is 0 Å². The number of carboxylic acid groups (broad SMARTS) is 2. The zero-order chi connectivity index (χ0) is 8.36. The minimum atomic E-state index is -2.33. The first-order valence-electron chi connectivity index (χ1n) is 2.50. The standard InChI is InChI=1S/C5H8O5.2Li/c1-5(10,4(8)9)2-3(6)7;;/h10H,2H2,1H3,(H,6,7)(H,8,9);;/q;2*+1/p-2.